The van der Waals surface area contributed by atoms with Gasteiger partial charge in [-0.3, -0.25) is 9.59 Å². The monoisotopic (exact) mass is 375 g/mol. The minimum absolute atomic E-state index is 0.114. The number of carbonyl (C=O) groups is 2. The van der Waals surface area contributed by atoms with Crippen molar-refractivity contribution in [3.05, 3.63) is 66.2 Å². The second kappa shape index (κ2) is 7.97. The summed E-state index contributed by atoms with van der Waals surface area (Å²) in [5.74, 6) is 1.05. The SMILES string of the molecule is Cc1nccn1CCC(=O)N1CCCC(C(=O)c2cccc3ccccc23)C1. The van der Waals surface area contributed by atoms with Crippen LogP contribution >= 0.6 is 0 Å². The first kappa shape index (κ1) is 18.4. The van der Waals surface area contributed by atoms with Crippen LogP contribution in [-0.2, 0) is 11.3 Å². The average molecular weight is 375 g/mol. The zero-order chi connectivity index (χ0) is 19.5. The summed E-state index contributed by atoms with van der Waals surface area (Å²) in [6, 6.07) is 13.9. The number of amides is 1. The highest BCUT2D eigenvalue weighted by Gasteiger charge is 2.29. The quantitative estimate of drug-likeness (QED) is 0.637. The van der Waals surface area contributed by atoms with Gasteiger partial charge in [-0.2, -0.15) is 0 Å². The van der Waals surface area contributed by atoms with Crippen molar-refractivity contribution in [1.29, 1.82) is 0 Å². The van der Waals surface area contributed by atoms with Crippen molar-refractivity contribution >= 4 is 22.5 Å². The van der Waals surface area contributed by atoms with Crippen LogP contribution in [0.3, 0.4) is 0 Å². The van der Waals surface area contributed by atoms with Gasteiger partial charge in [-0.05, 0) is 30.5 Å². The fourth-order valence-electron chi connectivity index (χ4n) is 4.09. The summed E-state index contributed by atoms with van der Waals surface area (Å²) < 4.78 is 1.99. The van der Waals surface area contributed by atoms with Gasteiger partial charge in [-0.1, -0.05) is 42.5 Å². The third-order valence-electron chi connectivity index (χ3n) is 5.69. The molecule has 0 bridgehead atoms. The van der Waals surface area contributed by atoms with E-state index in [2.05, 4.69) is 4.98 Å². The van der Waals surface area contributed by atoms with Crippen LogP contribution < -0.4 is 0 Å². The highest BCUT2D eigenvalue weighted by molar-refractivity contribution is 6.09. The highest BCUT2D eigenvalue weighted by atomic mass is 16.2. The predicted molar refractivity (Wildman–Crippen MR) is 109 cm³/mol. The predicted octanol–water partition coefficient (Wildman–Crippen LogP) is 3.86. The van der Waals surface area contributed by atoms with Crippen molar-refractivity contribution in [2.24, 2.45) is 5.92 Å². The van der Waals surface area contributed by atoms with Crippen molar-refractivity contribution in [2.45, 2.75) is 32.7 Å². The number of ketones is 1. The van der Waals surface area contributed by atoms with E-state index in [-0.39, 0.29) is 17.6 Å². The molecule has 0 saturated carbocycles. The highest BCUT2D eigenvalue weighted by Crippen LogP contribution is 2.26. The number of imidazole rings is 1. The molecular weight excluding hydrogens is 350 g/mol. The first-order valence-corrected chi connectivity index (χ1v) is 9.91. The number of hydrogen-bond acceptors (Lipinski definition) is 3. The number of rotatable bonds is 5. The molecule has 1 aliphatic heterocycles. The molecule has 1 aliphatic rings. The van der Waals surface area contributed by atoms with Gasteiger partial charge in [-0.25, -0.2) is 4.98 Å². The van der Waals surface area contributed by atoms with E-state index in [0.29, 0.717) is 19.5 Å². The molecule has 0 N–H and O–H groups in total. The second-order valence-electron chi connectivity index (χ2n) is 7.49. The Bertz CT molecular complexity index is 1000. The molecular formula is C23H25N3O2. The lowest BCUT2D eigenvalue weighted by Gasteiger charge is -2.32. The van der Waals surface area contributed by atoms with Gasteiger partial charge < -0.3 is 9.47 Å². The Kier molecular flexibility index (Phi) is 5.24. The Morgan fingerprint density at radius 1 is 1.14 bits per heavy atom. The maximum atomic E-state index is 13.2. The van der Waals surface area contributed by atoms with Crippen LogP contribution in [0.2, 0.25) is 0 Å². The number of Topliss-reactive ketones (excluding diaryl/α,β-unsaturated/α-hetero) is 1. The fourth-order valence-corrected chi connectivity index (χ4v) is 4.09. The molecule has 5 heteroatoms. The van der Waals surface area contributed by atoms with Crippen LogP contribution in [0, 0.1) is 12.8 Å². The topological polar surface area (TPSA) is 55.2 Å². The largest absolute Gasteiger partial charge is 0.342 e. The van der Waals surface area contributed by atoms with Gasteiger partial charge in [0.15, 0.2) is 5.78 Å². The van der Waals surface area contributed by atoms with E-state index in [1.54, 1.807) is 6.20 Å². The smallest absolute Gasteiger partial charge is 0.224 e. The van der Waals surface area contributed by atoms with Crippen LogP contribution in [0.15, 0.2) is 54.9 Å². The third-order valence-corrected chi connectivity index (χ3v) is 5.69. The first-order chi connectivity index (χ1) is 13.6. The van der Waals surface area contributed by atoms with Gasteiger partial charge in [0.05, 0.1) is 0 Å². The zero-order valence-corrected chi connectivity index (χ0v) is 16.2. The molecule has 5 nitrogen and oxygen atoms in total. The number of aromatic nitrogens is 2. The Balaban J connectivity index is 1.45. The summed E-state index contributed by atoms with van der Waals surface area (Å²) in [7, 11) is 0. The van der Waals surface area contributed by atoms with Crippen molar-refractivity contribution < 1.29 is 9.59 Å². The van der Waals surface area contributed by atoms with E-state index in [9.17, 15) is 9.59 Å². The molecule has 3 aromatic rings. The molecule has 2 aromatic carbocycles. The van der Waals surface area contributed by atoms with E-state index >= 15 is 0 Å². The molecule has 1 fully saturated rings. The van der Waals surface area contributed by atoms with Gasteiger partial charge in [0, 0.05) is 49.9 Å². The molecule has 2 heterocycles. The van der Waals surface area contributed by atoms with Gasteiger partial charge in [-0.15, -0.1) is 0 Å². The van der Waals surface area contributed by atoms with E-state index in [0.717, 1.165) is 41.5 Å². The lowest BCUT2D eigenvalue weighted by Crippen LogP contribution is -2.42. The lowest BCUT2D eigenvalue weighted by atomic mass is 9.88. The minimum Gasteiger partial charge on any atom is -0.342 e. The van der Waals surface area contributed by atoms with Gasteiger partial charge in [0.2, 0.25) is 5.91 Å². The summed E-state index contributed by atoms with van der Waals surface area (Å²) in [6.07, 6.45) is 5.79. The molecule has 0 spiro atoms. The number of benzene rings is 2. The normalized spacial score (nSPS) is 17.0. The summed E-state index contributed by atoms with van der Waals surface area (Å²) >= 11 is 0. The zero-order valence-electron chi connectivity index (χ0n) is 16.2. The van der Waals surface area contributed by atoms with Crippen molar-refractivity contribution in [3.63, 3.8) is 0 Å². The Hall–Kier alpha value is -2.95. The van der Waals surface area contributed by atoms with Gasteiger partial charge in [0.25, 0.3) is 0 Å². The summed E-state index contributed by atoms with van der Waals surface area (Å²) in [4.78, 5) is 32.0. The number of nitrogens with zero attached hydrogens (tertiary/aromatic N) is 3. The van der Waals surface area contributed by atoms with Gasteiger partial charge in [0.1, 0.15) is 5.82 Å². The number of aryl methyl sites for hydroxylation is 2. The van der Waals surface area contributed by atoms with E-state index in [1.807, 2.05) is 65.1 Å². The molecule has 0 radical (unpaired) electrons. The molecule has 1 atom stereocenters. The van der Waals surface area contributed by atoms with Crippen LogP contribution in [0.5, 0.6) is 0 Å². The Morgan fingerprint density at radius 3 is 2.79 bits per heavy atom. The number of fused-ring (bicyclic) bond motifs is 1. The molecule has 1 unspecified atom stereocenters. The lowest BCUT2D eigenvalue weighted by molar-refractivity contribution is -0.132. The van der Waals surface area contributed by atoms with Crippen molar-refractivity contribution in [1.82, 2.24) is 14.5 Å². The summed E-state index contributed by atoms with van der Waals surface area (Å²) in [5.41, 5.74) is 0.770. The molecule has 144 valence electrons. The Labute approximate surface area is 165 Å². The number of piperidine rings is 1. The Morgan fingerprint density at radius 2 is 1.96 bits per heavy atom. The van der Waals surface area contributed by atoms with Gasteiger partial charge >= 0.3 is 0 Å². The fraction of sp³-hybridized carbons (Fsp3) is 0.348. The second-order valence-corrected chi connectivity index (χ2v) is 7.49. The van der Waals surface area contributed by atoms with Crippen LogP contribution in [0.1, 0.15) is 35.4 Å². The third kappa shape index (κ3) is 3.70. The van der Waals surface area contributed by atoms with Crippen LogP contribution in [-0.4, -0.2) is 39.2 Å². The maximum absolute atomic E-state index is 13.2. The molecule has 4 rings (SSSR count). The van der Waals surface area contributed by atoms with Crippen molar-refractivity contribution in [2.75, 3.05) is 13.1 Å². The average Bonchev–Trinajstić information content (AvgIpc) is 3.16. The molecule has 28 heavy (non-hydrogen) atoms. The molecule has 1 aromatic heterocycles. The minimum atomic E-state index is -0.126. The summed E-state index contributed by atoms with van der Waals surface area (Å²) in [5, 5.41) is 2.07. The number of carbonyl (C=O) groups excluding carboxylic acids is 2. The van der Waals surface area contributed by atoms with Crippen LogP contribution in [0.4, 0.5) is 0 Å². The van der Waals surface area contributed by atoms with E-state index in [1.165, 1.54) is 0 Å². The van der Waals surface area contributed by atoms with Crippen LogP contribution in [0.25, 0.3) is 10.8 Å². The first-order valence-electron chi connectivity index (χ1n) is 9.91. The van der Waals surface area contributed by atoms with E-state index in [4.69, 9.17) is 0 Å². The van der Waals surface area contributed by atoms with E-state index < -0.39 is 0 Å². The maximum Gasteiger partial charge on any atom is 0.224 e. The molecule has 1 saturated heterocycles. The number of likely N-dealkylation sites (tertiary alicyclic amines) is 1. The molecule has 1 amide bonds. The standard InChI is InChI=1S/C23H25N3O2/c1-17-24-12-15-25(17)14-11-22(27)26-13-5-8-19(16-26)23(28)21-10-4-7-18-6-2-3-9-20(18)21/h2-4,6-7,9-10,12,15,19H,5,8,11,13-14,16H2,1H3. The molecule has 0 aliphatic carbocycles. The number of hydrogen-bond donors (Lipinski definition) is 0. The summed E-state index contributed by atoms with van der Waals surface area (Å²) in [6.45, 7) is 3.82. The van der Waals surface area contributed by atoms with Crippen molar-refractivity contribution in [3.8, 4) is 0 Å².